The van der Waals surface area contributed by atoms with E-state index in [0.29, 0.717) is 34.1 Å². The van der Waals surface area contributed by atoms with Gasteiger partial charge in [0.25, 0.3) is 0 Å². The van der Waals surface area contributed by atoms with Gasteiger partial charge in [0, 0.05) is 18.0 Å². The monoisotopic (exact) mass is 522 g/mol. The van der Waals surface area contributed by atoms with Crippen molar-refractivity contribution >= 4 is 46.7 Å². The van der Waals surface area contributed by atoms with Gasteiger partial charge < -0.3 is 14.4 Å². The molecule has 2 fully saturated rings. The van der Waals surface area contributed by atoms with E-state index < -0.39 is 11.9 Å². The molecule has 3 amide bonds. The minimum Gasteiger partial charge on any atom is -0.495 e. The average molecular weight is 523 g/mol. The average Bonchev–Trinajstić information content (AvgIpc) is 3.37. The van der Waals surface area contributed by atoms with Crippen LogP contribution in [0.3, 0.4) is 0 Å². The summed E-state index contributed by atoms with van der Waals surface area (Å²) in [6, 6.07) is 9.79. The molecule has 37 heavy (non-hydrogen) atoms. The molecule has 0 saturated carbocycles. The predicted molar refractivity (Wildman–Crippen MR) is 138 cm³/mol. The van der Waals surface area contributed by atoms with Gasteiger partial charge in [0.15, 0.2) is 0 Å². The number of fused-ring (bicyclic) bond motifs is 1. The summed E-state index contributed by atoms with van der Waals surface area (Å²) >= 11 is 6.11. The minimum atomic E-state index is -0.671. The van der Waals surface area contributed by atoms with Crippen LogP contribution in [0.5, 0.6) is 11.5 Å². The number of methoxy groups -OCH3 is 1. The van der Waals surface area contributed by atoms with E-state index in [1.807, 2.05) is 19.1 Å². The topological polar surface area (TPSA) is 93.2 Å². The lowest BCUT2D eigenvalue weighted by molar-refractivity contribution is -0.139. The van der Waals surface area contributed by atoms with Crippen molar-refractivity contribution < 1.29 is 28.7 Å². The van der Waals surface area contributed by atoms with Crippen molar-refractivity contribution in [2.75, 3.05) is 23.5 Å². The number of rotatable bonds is 5. The Morgan fingerprint density at radius 1 is 1.05 bits per heavy atom. The Morgan fingerprint density at radius 2 is 1.84 bits per heavy atom. The number of amides is 3. The van der Waals surface area contributed by atoms with Crippen LogP contribution in [-0.4, -0.2) is 37.3 Å². The number of imide groups is 1. The molecule has 2 aromatic carbocycles. The van der Waals surface area contributed by atoms with Gasteiger partial charge in [-0.1, -0.05) is 30.7 Å². The third kappa shape index (κ3) is 4.39. The second-order valence-electron chi connectivity index (χ2n) is 9.76. The lowest BCUT2D eigenvalue weighted by atomic mass is 9.78. The molecule has 0 spiro atoms. The highest BCUT2D eigenvalue weighted by atomic mass is 35.5. The van der Waals surface area contributed by atoms with Crippen LogP contribution in [-0.2, 0) is 19.2 Å². The van der Waals surface area contributed by atoms with Crippen molar-refractivity contribution in [1.29, 1.82) is 0 Å². The van der Waals surface area contributed by atoms with Crippen LogP contribution in [0.4, 0.5) is 11.4 Å². The van der Waals surface area contributed by atoms with Crippen molar-refractivity contribution in [3.05, 3.63) is 59.1 Å². The molecule has 2 aliphatic heterocycles. The van der Waals surface area contributed by atoms with Crippen molar-refractivity contribution in [3.63, 3.8) is 0 Å². The number of nitrogens with zero attached hydrogens (tertiary/aromatic N) is 2. The summed E-state index contributed by atoms with van der Waals surface area (Å²) in [5.74, 6) is -1.76. The van der Waals surface area contributed by atoms with Crippen LogP contribution in [0.2, 0.25) is 5.02 Å². The number of carbonyl (C=O) groups is 4. The lowest BCUT2D eigenvalue weighted by Gasteiger charge is -2.22. The molecule has 2 aromatic rings. The van der Waals surface area contributed by atoms with Gasteiger partial charge in [-0.15, -0.1) is 0 Å². The Bertz CT molecular complexity index is 1340. The number of allylic oxidation sites excluding steroid dienone is 2. The molecule has 2 heterocycles. The molecule has 1 aliphatic carbocycles. The molecule has 192 valence electrons. The fourth-order valence-electron chi connectivity index (χ4n) is 5.50. The minimum absolute atomic E-state index is 0.00121. The third-order valence-corrected chi connectivity index (χ3v) is 7.63. The number of hydrogen-bond acceptors (Lipinski definition) is 6. The number of carbonyl (C=O) groups excluding carboxylic acids is 4. The van der Waals surface area contributed by atoms with Gasteiger partial charge in [-0.3, -0.25) is 19.2 Å². The molecule has 3 aliphatic rings. The summed E-state index contributed by atoms with van der Waals surface area (Å²) in [6.07, 6.45) is 4.51. The molecule has 8 nitrogen and oxygen atoms in total. The Balaban J connectivity index is 1.30. The van der Waals surface area contributed by atoms with E-state index in [0.717, 1.165) is 0 Å². The molecule has 0 radical (unpaired) electrons. The normalized spacial score (nSPS) is 25.0. The van der Waals surface area contributed by atoms with Gasteiger partial charge >= 0.3 is 5.97 Å². The molecule has 4 atom stereocenters. The highest BCUT2D eigenvalue weighted by molar-refractivity contribution is 6.31. The summed E-state index contributed by atoms with van der Waals surface area (Å²) in [6.45, 7) is 3.86. The summed E-state index contributed by atoms with van der Waals surface area (Å²) in [5.41, 5.74) is 1.63. The van der Waals surface area contributed by atoms with E-state index in [9.17, 15) is 19.2 Å². The van der Waals surface area contributed by atoms with Crippen molar-refractivity contribution in [1.82, 2.24) is 0 Å². The summed E-state index contributed by atoms with van der Waals surface area (Å²) in [4.78, 5) is 54.6. The fourth-order valence-corrected chi connectivity index (χ4v) is 5.67. The van der Waals surface area contributed by atoms with Crippen LogP contribution in [0.15, 0.2) is 48.6 Å². The fraction of sp³-hybridized carbons (Fsp3) is 0.357. The highest BCUT2D eigenvalue weighted by Crippen LogP contribution is 2.42. The Labute approximate surface area is 219 Å². The van der Waals surface area contributed by atoms with E-state index in [4.69, 9.17) is 21.1 Å². The van der Waals surface area contributed by atoms with Gasteiger partial charge in [0.1, 0.15) is 11.5 Å². The summed E-state index contributed by atoms with van der Waals surface area (Å²) in [7, 11) is 1.50. The number of ether oxygens (including phenoxy) is 2. The molecular weight excluding hydrogens is 496 g/mol. The molecular formula is C28H27ClN2O6. The zero-order chi connectivity index (χ0) is 26.4. The summed E-state index contributed by atoms with van der Waals surface area (Å²) in [5, 5.41) is 0.449. The Kier molecular flexibility index (Phi) is 6.54. The second kappa shape index (κ2) is 9.67. The first-order valence-electron chi connectivity index (χ1n) is 12.2. The van der Waals surface area contributed by atoms with Gasteiger partial charge in [0.05, 0.1) is 36.2 Å². The van der Waals surface area contributed by atoms with E-state index in [-0.39, 0.29) is 54.2 Å². The lowest BCUT2D eigenvalue weighted by Crippen LogP contribution is -2.32. The summed E-state index contributed by atoms with van der Waals surface area (Å²) < 4.78 is 10.9. The van der Waals surface area contributed by atoms with Crippen LogP contribution in [0.1, 0.15) is 25.3 Å². The van der Waals surface area contributed by atoms with E-state index >= 15 is 0 Å². The quantitative estimate of drug-likeness (QED) is 0.251. The molecule has 5 rings (SSSR count). The predicted octanol–water partition coefficient (Wildman–Crippen LogP) is 4.32. The van der Waals surface area contributed by atoms with Crippen molar-refractivity contribution in [3.8, 4) is 11.5 Å². The second-order valence-corrected chi connectivity index (χ2v) is 10.2. The van der Waals surface area contributed by atoms with Gasteiger partial charge in [-0.25, -0.2) is 4.90 Å². The number of aryl methyl sites for hydroxylation is 1. The number of esters is 1. The van der Waals surface area contributed by atoms with E-state index in [2.05, 4.69) is 0 Å². The highest BCUT2D eigenvalue weighted by Gasteiger charge is 2.50. The largest absolute Gasteiger partial charge is 0.495 e. The maximum atomic E-state index is 13.1. The van der Waals surface area contributed by atoms with Crippen molar-refractivity contribution in [2.24, 2.45) is 23.7 Å². The van der Waals surface area contributed by atoms with Gasteiger partial charge in [0.2, 0.25) is 17.7 Å². The van der Waals surface area contributed by atoms with Crippen LogP contribution < -0.4 is 19.3 Å². The zero-order valence-electron chi connectivity index (χ0n) is 20.8. The molecule has 2 saturated heterocycles. The van der Waals surface area contributed by atoms with Crippen LogP contribution in [0.25, 0.3) is 0 Å². The number of hydrogen-bond donors (Lipinski definition) is 0. The molecule has 0 bridgehead atoms. The third-order valence-electron chi connectivity index (χ3n) is 7.39. The van der Waals surface area contributed by atoms with Gasteiger partial charge in [-0.2, -0.15) is 0 Å². The zero-order valence-corrected chi connectivity index (χ0v) is 21.5. The molecule has 0 aromatic heterocycles. The van der Waals surface area contributed by atoms with E-state index in [1.54, 1.807) is 43.3 Å². The van der Waals surface area contributed by atoms with E-state index in [1.165, 1.54) is 16.9 Å². The molecule has 0 unspecified atom stereocenters. The number of halogens is 1. The Morgan fingerprint density at radius 3 is 2.54 bits per heavy atom. The molecule has 0 N–H and O–H groups in total. The Hall–Kier alpha value is -3.65. The number of anilines is 2. The van der Waals surface area contributed by atoms with Gasteiger partial charge in [-0.05, 0) is 61.2 Å². The first-order valence-corrected chi connectivity index (χ1v) is 12.6. The number of benzene rings is 2. The maximum absolute atomic E-state index is 13.1. The molecule has 9 heteroatoms. The van der Waals surface area contributed by atoms with Crippen LogP contribution >= 0.6 is 11.6 Å². The first kappa shape index (κ1) is 25.0. The smallest absolute Gasteiger partial charge is 0.316 e. The SMILES string of the molecule is COc1ccc(Cl)cc1N1C[C@H](C(=O)Oc2ccc(N3C(=O)[C@@H]4[C@H](C)C=CC[C@H]4C3=O)c(C)c2)CC1=O. The van der Waals surface area contributed by atoms with Crippen LogP contribution in [0, 0.1) is 30.6 Å². The maximum Gasteiger partial charge on any atom is 0.316 e. The first-order chi connectivity index (χ1) is 17.7. The van der Waals surface area contributed by atoms with Crippen molar-refractivity contribution in [2.45, 2.75) is 26.7 Å². The standard InChI is InChI=1S/C28H27ClN2O6/c1-15-5-4-6-20-25(15)27(34)31(26(20)33)21-9-8-19(11-16(21)2)37-28(35)17-12-24(32)30(14-17)22-13-18(29)7-10-23(22)36-3/h4-5,7-11,13,15,17,20,25H,6,12,14H2,1-3H3/t15-,17-,20-,25-/m1/s1.